The second kappa shape index (κ2) is 9.36. The van der Waals surface area contributed by atoms with Gasteiger partial charge in [0.1, 0.15) is 6.04 Å². The average Bonchev–Trinajstić information content (AvgIpc) is 2.58. The zero-order valence-corrected chi connectivity index (χ0v) is 15.5. The Kier molecular flexibility index (Phi) is 7.18. The van der Waals surface area contributed by atoms with Crippen LogP contribution in [0.25, 0.3) is 0 Å². The minimum Gasteiger partial charge on any atom is -0.481 e. The van der Waals surface area contributed by atoms with E-state index in [4.69, 9.17) is 5.11 Å². The molecule has 0 aromatic heterocycles. The number of rotatable bonds is 8. The molecule has 2 N–H and O–H groups in total. The fourth-order valence-corrected chi connectivity index (χ4v) is 3.26. The van der Waals surface area contributed by atoms with Crippen LogP contribution < -0.4 is 5.32 Å². The van der Waals surface area contributed by atoms with E-state index in [0.717, 1.165) is 18.4 Å². The maximum absolute atomic E-state index is 12.9. The van der Waals surface area contributed by atoms with Crippen LogP contribution in [0.5, 0.6) is 0 Å². The minimum atomic E-state index is -0.847. The Morgan fingerprint density at radius 3 is 2.69 bits per heavy atom. The second-order valence-electron chi connectivity index (χ2n) is 7.27. The van der Waals surface area contributed by atoms with Crippen molar-refractivity contribution in [1.82, 2.24) is 4.90 Å². The van der Waals surface area contributed by atoms with E-state index < -0.39 is 12.0 Å². The third kappa shape index (κ3) is 5.86. The van der Waals surface area contributed by atoms with E-state index in [-0.39, 0.29) is 18.2 Å². The summed E-state index contributed by atoms with van der Waals surface area (Å²) in [5.74, 6) is -0.681. The molecule has 1 fully saturated rings. The fraction of sp³-hybridized carbons (Fsp3) is 0.550. The largest absolute Gasteiger partial charge is 0.481 e. The van der Waals surface area contributed by atoms with Crippen molar-refractivity contribution in [3.05, 3.63) is 29.8 Å². The first-order chi connectivity index (χ1) is 12.4. The Morgan fingerprint density at radius 2 is 2.04 bits per heavy atom. The monoisotopic (exact) mass is 360 g/mol. The molecule has 0 radical (unpaired) electrons. The molecule has 1 unspecified atom stereocenters. The van der Waals surface area contributed by atoms with Gasteiger partial charge >= 0.3 is 5.97 Å². The highest BCUT2D eigenvalue weighted by Gasteiger charge is 2.31. The maximum atomic E-state index is 12.9. The predicted molar refractivity (Wildman–Crippen MR) is 99.8 cm³/mol. The number of nitrogens with zero attached hydrogens (tertiary/aromatic N) is 1. The zero-order chi connectivity index (χ0) is 19.1. The lowest BCUT2D eigenvalue weighted by Crippen LogP contribution is -2.49. The van der Waals surface area contributed by atoms with Gasteiger partial charge in [0, 0.05) is 25.1 Å². The number of hydrogen-bond acceptors (Lipinski definition) is 3. The lowest BCUT2D eigenvalue weighted by Gasteiger charge is -2.34. The van der Waals surface area contributed by atoms with E-state index in [2.05, 4.69) is 5.32 Å². The van der Waals surface area contributed by atoms with E-state index in [0.29, 0.717) is 37.4 Å². The van der Waals surface area contributed by atoms with Gasteiger partial charge in [-0.3, -0.25) is 14.4 Å². The molecular weight excluding hydrogens is 332 g/mol. The second-order valence-corrected chi connectivity index (χ2v) is 7.27. The number of likely N-dealkylation sites (tertiary alicyclic amines) is 1. The molecule has 1 aromatic carbocycles. The molecule has 0 bridgehead atoms. The first-order valence-electron chi connectivity index (χ1n) is 9.28. The number of amides is 2. The smallest absolute Gasteiger partial charge is 0.303 e. The predicted octanol–water partition coefficient (Wildman–Crippen LogP) is 3.07. The van der Waals surface area contributed by atoms with E-state index in [1.807, 2.05) is 19.9 Å². The maximum Gasteiger partial charge on any atom is 0.303 e. The van der Waals surface area contributed by atoms with Gasteiger partial charge in [0.2, 0.25) is 11.8 Å². The van der Waals surface area contributed by atoms with Crippen LogP contribution in [0.2, 0.25) is 0 Å². The first kappa shape index (κ1) is 19.9. The first-order valence-corrected chi connectivity index (χ1v) is 9.28. The molecule has 6 heteroatoms. The van der Waals surface area contributed by atoms with Gasteiger partial charge in [0.25, 0.3) is 0 Å². The Labute approximate surface area is 154 Å². The van der Waals surface area contributed by atoms with Crippen LogP contribution in [0.4, 0.5) is 5.69 Å². The summed E-state index contributed by atoms with van der Waals surface area (Å²) in [4.78, 5) is 37.6. The van der Waals surface area contributed by atoms with Gasteiger partial charge in [-0.1, -0.05) is 26.0 Å². The molecule has 1 aliphatic rings. The van der Waals surface area contributed by atoms with Gasteiger partial charge in [-0.15, -0.1) is 0 Å². The van der Waals surface area contributed by atoms with Crippen LogP contribution in [0, 0.1) is 5.92 Å². The summed E-state index contributed by atoms with van der Waals surface area (Å²) >= 11 is 0. The number of carbonyl (C=O) groups excluding carboxylic acids is 2. The van der Waals surface area contributed by atoms with Gasteiger partial charge < -0.3 is 15.3 Å². The van der Waals surface area contributed by atoms with Crippen LogP contribution in [-0.4, -0.2) is 40.4 Å². The van der Waals surface area contributed by atoms with Gasteiger partial charge in [-0.2, -0.15) is 0 Å². The number of anilines is 1. The Balaban J connectivity index is 2.09. The summed E-state index contributed by atoms with van der Waals surface area (Å²) in [7, 11) is 0. The molecule has 0 spiro atoms. The Bertz CT molecular complexity index is 657. The normalized spacial score (nSPS) is 15.8. The van der Waals surface area contributed by atoms with E-state index in [9.17, 15) is 14.4 Å². The number of carboxylic acid groups (broad SMARTS) is 1. The van der Waals surface area contributed by atoms with Crippen molar-refractivity contribution in [2.45, 2.75) is 58.4 Å². The van der Waals surface area contributed by atoms with Crippen LogP contribution in [-0.2, 0) is 20.8 Å². The molecule has 142 valence electrons. The van der Waals surface area contributed by atoms with Crippen LogP contribution in [0.3, 0.4) is 0 Å². The lowest BCUT2D eigenvalue weighted by atomic mass is 9.98. The van der Waals surface area contributed by atoms with Crippen LogP contribution in [0.15, 0.2) is 24.3 Å². The van der Waals surface area contributed by atoms with Crippen molar-refractivity contribution in [3.63, 3.8) is 0 Å². The van der Waals surface area contributed by atoms with Crippen molar-refractivity contribution in [2.75, 3.05) is 11.9 Å². The number of nitrogens with one attached hydrogen (secondary N) is 1. The highest BCUT2D eigenvalue weighted by molar-refractivity contribution is 5.97. The number of carboxylic acids is 1. The third-order valence-electron chi connectivity index (χ3n) is 4.56. The third-order valence-corrected chi connectivity index (χ3v) is 4.56. The highest BCUT2D eigenvalue weighted by Crippen LogP contribution is 2.21. The van der Waals surface area contributed by atoms with Crippen molar-refractivity contribution >= 4 is 23.5 Å². The molecular formula is C20H28N2O4. The molecule has 0 saturated carbocycles. The molecule has 2 amide bonds. The summed E-state index contributed by atoms with van der Waals surface area (Å²) < 4.78 is 0. The quantitative estimate of drug-likeness (QED) is 0.746. The summed E-state index contributed by atoms with van der Waals surface area (Å²) in [6.45, 7) is 4.71. The number of benzene rings is 1. The molecule has 1 aliphatic heterocycles. The average molecular weight is 360 g/mol. The molecule has 1 atom stereocenters. The number of aliphatic carboxylic acids is 1. The highest BCUT2D eigenvalue weighted by atomic mass is 16.4. The van der Waals surface area contributed by atoms with Crippen molar-refractivity contribution in [2.24, 2.45) is 5.92 Å². The SMILES string of the molecule is CC(C)CC(C(=O)Nc1cccc(CCC(=O)O)c1)N1CCCCC1=O. The topological polar surface area (TPSA) is 86.7 Å². The number of hydrogen-bond donors (Lipinski definition) is 2. The molecule has 0 aliphatic carbocycles. The molecule has 1 saturated heterocycles. The molecule has 6 nitrogen and oxygen atoms in total. The van der Waals surface area contributed by atoms with Crippen LogP contribution in [0.1, 0.15) is 51.5 Å². The van der Waals surface area contributed by atoms with E-state index in [1.165, 1.54) is 0 Å². The van der Waals surface area contributed by atoms with E-state index >= 15 is 0 Å². The van der Waals surface area contributed by atoms with Crippen molar-refractivity contribution in [1.29, 1.82) is 0 Å². The summed E-state index contributed by atoms with van der Waals surface area (Å²) in [5.41, 5.74) is 1.50. The summed E-state index contributed by atoms with van der Waals surface area (Å²) in [6, 6.07) is 6.76. The Morgan fingerprint density at radius 1 is 1.27 bits per heavy atom. The van der Waals surface area contributed by atoms with E-state index in [1.54, 1.807) is 23.1 Å². The standard InChI is InChI=1S/C20H28N2O4/c1-14(2)12-17(22-11-4-3-8-18(22)23)20(26)21-16-7-5-6-15(13-16)9-10-19(24)25/h5-7,13-14,17H,3-4,8-12H2,1-2H3,(H,21,26)(H,24,25). The van der Waals surface area contributed by atoms with Crippen molar-refractivity contribution < 1.29 is 19.5 Å². The van der Waals surface area contributed by atoms with Gasteiger partial charge in [0.05, 0.1) is 0 Å². The zero-order valence-electron chi connectivity index (χ0n) is 15.5. The molecule has 1 heterocycles. The summed E-state index contributed by atoms with van der Waals surface area (Å²) in [5, 5.41) is 11.7. The number of piperidine rings is 1. The lowest BCUT2D eigenvalue weighted by molar-refractivity contribution is -0.141. The molecule has 2 rings (SSSR count). The van der Waals surface area contributed by atoms with Crippen molar-refractivity contribution in [3.8, 4) is 0 Å². The number of aryl methyl sites for hydroxylation is 1. The van der Waals surface area contributed by atoms with Gasteiger partial charge in [-0.05, 0) is 49.3 Å². The van der Waals surface area contributed by atoms with Crippen LogP contribution >= 0.6 is 0 Å². The minimum absolute atomic E-state index is 0.0484. The van der Waals surface area contributed by atoms with Gasteiger partial charge in [0.15, 0.2) is 0 Å². The molecule has 26 heavy (non-hydrogen) atoms. The number of carbonyl (C=O) groups is 3. The fourth-order valence-electron chi connectivity index (χ4n) is 3.26. The summed E-state index contributed by atoms with van der Waals surface area (Å²) in [6.07, 6.45) is 3.41. The Hall–Kier alpha value is -2.37. The van der Waals surface area contributed by atoms with Gasteiger partial charge in [-0.25, -0.2) is 0 Å². The molecule has 1 aromatic rings.